The largest absolute Gasteiger partial charge is 0.465 e. The third-order valence-corrected chi connectivity index (χ3v) is 5.62. The maximum atomic E-state index is 12.7. The number of nitrogens with zero attached hydrogens (tertiary/aromatic N) is 1. The first-order chi connectivity index (χ1) is 13.5. The van der Waals surface area contributed by atoms with Crippen LogP contribution in [0.4, 0.5) is 4.79 Å². The number of likely N-dealkylation sites (tertiary alicyclic amines) is 1. The highest BCUT2D eigenvalue weighted by molar-refractivity contribution is 5.98. The van der Waals surface area contributed by atoms with E-state index in [1.807, 2.05) is 30.3 Å². The van der Waals surface area contributed by atoms with Crippen molar-refractivity contribution < 1.29 is 19.5 Å². The monoisotopic (exact) mass is 379 g/mol. The lowest BCUT2D eigenvalue weighted by Gasteiger charge is -2.17. The Morgan fingerprint density at radius 3 is 2.68 bits per heavy atom. The first-order valence-corrected chi connectivity index (χ1v) is 9.20. The number of rotatable bonds is 2. The molecular formula is C21H21N3O4. The Labute approximate surface area is 162 Å². The molecule has 1 fully saturated rings. The van der Waals surface area contributed by atoms with E-state index in [-0.39, 0.29) is 23.7 Å². The average Bonchev–Trinajstić information content (AvgIpc) is 3.10. The van der Waals surface area contributed by atoms with Crippen LogP contribution in [-0.2, 0) is 0 Å². The maximum absolute atomic E-state index is 12.7. The molecule has 3 N–H and O–H groups in total. The molecule has 28 heavy (non-hydrogen) atoms. The SMILES string of the molecule is CNC(=O)c1cccc(-c2ccc3c(c2)C(=O)NC[C@@H]2CN(C(=O)O)C[C@@H]32)c1. The summed E-state index contributed by atoms with van der Waals surface area (Å²) in [6, 6.07) is 12.9. The molecule has 2 aliphatic rings. The lowest BCUT2D eigenvalue weighted by molar-refractivity contribution is 0.0947. The highest BCUT2D eigenvalue weighted by Crippen LogP contribution is 2.37. The fraction of sp³-hybridized carbons (Fsp3) is 0.286. The molecule has 0 bridgehead atoms. The highest BCUT2D eigenvalue weighted by atomic mass is 16.4. The van der Waals surface area contributed by atoms with E-state index in [1.165, 1.54) is 4.90 Å². The van der Waals surface area contributed by atoms with Gasteiger partial charge in [0.25, 0.3) is 11.8 Å². The van der Waals surface area contributed by atoms with Crippen LogP contribution >= 0.6 is 0 Å². The molecular weight excluding hydrogens is 358 g/mol. The topological polar surface area (TPSA) is 98.7 Å². The third-order valence-electron chi connectivity index (χ3n) is 5.62. The number of amides is 3. The molecule has 0 saturated carbocycles. The van der Waals surface area contributed by atoms with Crippen LogP contribution < -0.4 is 10.6 Å². The molecule has 4 rings (SSSR count). The van der Waals surface area contributed by atoms with Crippen molar-refractivity contribution in [2.24, 2.45) is 5.92 Å². The van der Waals surface area contributed by atoms with E-state index in [4.69, 9.17) is 0 Å². The number of fused-ring (bicyclic) bond motifs is 3. The standard InChI is InChI=1S/C21H21N3O4/c1-22-19(25)14-4-2-3-12(7-14)13-5-6-16-17(8-13)20(26)23-9-15-10-24(21(27)28)11-18(15)16/h2-8,15,18H,9-11H2,1H3,(H,22,25)(H,23,26)(H,27,28)/t15-,18-/m1/s1. The van der Waals surface area contributed by atoms with Crippen molar-refractivity contribution >= 4 is 17.9 Å². The Hall–Kier alpha value is -3.35. The van der Waals surface area contributed by atoms with Gasteiger partial charge in [-0.2, -0.15) is 0 Å². The minimum absolute atomic E-state index is 0.00342. The molecule has 0 radical (unpaired) electrons. The van der Waals surface area contributed by atoms with E-state index >= 15 is 0 Å². The zero-order chi connectivity index (χ0) is 19.8. The zero-order valence-corrected chi connectivity index (χ0v) is 15.4. The molecule has 2 aromatic carbocycles. The molecule has 7 nitrogen and oxygen atoms in total. The van der Waals surface area contributed by atoms with Gasteiger partial charge in [-0.25, -0.2) is 4.79 Å². The average molecular weight is 379 g/mol. The normalized spacial score (nSPS) is 20.6. The van der Waals surface area contributed by atoms with Crippen molar-refractivity contribution in [2.75, 3.05) is 26.7 Å². The number of nitrogens with one attached hydrogen (secondary N) is 2. The van der Waals surface area contributed by atoms with Crippen molar-refractivity contribution in [3.05, 3.63) is 59.2 Å². The second-order valence-corrected chi connectivity index (χ2v) is 7.23. The molecule has 2 aliphatic heterocycles. The summed E-state index contributed by atoms with van der Waals surface area (Å²) in [5, 5.41) is 14.9. The van der Waals surface area contributed by atoms with Gasteiger partial charge in [0.15, 0.2) is 0 Å². The van der Waals surface area contributed by atoms with Gasteiger partial charge in [0.05, 0.1) is 0 Å². The minimum Gasteiger partial charge on any atom is -0.465 e. The smallest absolute Gasteiger partial charge is 0.407 e. The lowest BCUT2D eigenvalue weighted by Crippen LogP contribution is -2.31. The molecule has 144 valence electrons. The molecule has 3 amide bonds. The van der Waals surface area contributed by atoms with E-state index < -0.39 is 6.09 Å². The van der Waals surface area contributed by atoms with Gasteiger partial charge in [-0.15, -0.1) is 0 Å². The Bertz CT molecular complexity index is 972. The van der Waals surface area contributed by atoms with Crippen LogP contribution in [0.3, 0.4) is 0 Å². The van der Waals surface area contributed by atoms with Crippen LogP contribution in [0, 0.1) is 5.92 Å². The van der Waals surface area contributed by atoms with Gasteiger partial charge in [0, 0.05) is 49.6 Å². The molecule has 0 spiro atoms. The van der Waals surface area contributed by atoms with Crippen LogP contribution in [0.15, 0.2) is 42.5 Å². The van der Waals surface area contributed by atoms with Gasteiger partial charge in [-0.1, -0.05) is 24.3 Å². The first-order valence-electron chi connectivity index (χ1n) is 9.20. The Morgan fingerprint density at radius 2 is 1.93 bits per heavy atom. The fourth-order valence-corrected chi connectivity index (χ4v) is 4.15. The summed E-state index contributed by atoms with van der Waals surface area (Å²) in [5.74, 6) is -0.243. The minimum atomic E-state index is -0.927. The third kappa shape index (κ3) is 3.09. The van der Waals surface area contributed by atoms with E-state index in [1.54, 1.807) is 19.2 Å². The number of carbonyl (C=O) groups is 3. The molecule has 0 unspecified atom stereocenters. The van der Waals surface area contributed by atoms with Gasteiger partial charge in [-0.05, 0) is 34.9 Å². The molecule has 2 aromatic rings. The van der Waals surface area contributed by atoms with Gasteiger partial charge in [0.1, 0.15) is 0 Å². The summed E-state index contributed by atoms with van der Waals surface area (Å²) in [7, 11) is 1.58. The van der Waals surface area contributed by atoms with Gasteiger partial charge in [-0.3, -0.25) is 9.59 Å². The molecule has 2 atom stereocenters. The van der Waals surface area contributed by atoms with Crippen LogP contribution in [0.1, 0.15) is 32.2 Å². The van der Waals surface area contributed by atoms with Gasteiger partial charge >= 0.3 is 6.09 Å². The van der Waals surface area contributed by atoms with Crippen molar-refractivity contribution in [3.8, 4) is 11.1 Å². The molecule has 7 heteroatoms. The Morgan fingerprint density at radius 1 is 1.14 bits per heavy atom. The van der Waals surface area contributed by atoms with E-state index in [9.17, 15) is 19.5 Å². The molecule has 0 aliphatic carbocycles. The van der Waals surface area contributed by atoms with E-state index in [0.29, 0.717) is 30.8 Å². The van der Waals surface area contributed by atoms with Gasteiger partial charge < -0.3 is 20.6 Å². The second-order valence-electron chi connectivity index (χ2n) is 7.23. The maximum Gasteiger partial charge on any atom is 0.407 e. The summed E-state index contributed by atoms with van der Waals surface area (Å²) in [6.07, 6.45) is -0.927. The van der Waals surface area contributed by atoms with Gasteiger partial charge in [0.2, 0.25) is 0 Å². The number of carboxylic acid groups (broad SMARTS) is 1. The summed E-state index contributed by atoms with van der Waals surface area (Å²) in [5.41, 5.74) is 3.69. The first kappa shape index (κ1) is 18.0. The zero-order valence-electron chi connectivity index (χ0n) is 15.4. The Balaban J connectivity index is 1.73. The number of hydrogen-bond donors (Lipinski definition) is 3. The van der Waals surface area contributed by atoms with Crippen molar-refractivity contribution in [3.63, 3.8) is 0 Å². The lowest BCUT2D eigenvalue weighted by atomic mass is 9.86. The van der Waals surface area contributed by atoms with Crippen molar-refractivity contribution in [2.45, 2.75) is 5.92 Å². The number of hydrogen-bond acceptors (Lipinski definition) is 3. The Kier molecular flexibility index (Phi) is 4.50. The predicted molar refractivity (Wildman–Crippen MR) is 103 cm³/mol. The highest BCUT2D eigenvalue weighted by Gasteiger charge is 2.39. The van der Waals surface area contributed by atoms with E-state index in [0.717, 1.165) is 16.7 Å². The molecule has 1 saturated heterocycles. The van der Waals surface area contributed by atoms with E-state index in [2.05, 4.69) is 10.6 Å². The number of benzene rings is 2. The van der Waals surface area contributed by atoms with Crippen LogP contribution in [0.5, 0.6) is 0 Å². The summed E-state index contributed by atoms with van der Waals surface area (Å²) < 4.78 is 0. The predicted octanol–water partition coefficient (Wildman–Crippen LogP) is 2.15. The quantitative estimate of drug-likeness (QED) is 0.745. The van der Waals surface area contributed by atoms with Crippen molar-refractivity contribution in [1.29, 1.82) is 0 Å². The summed E-state index contributed by atoms with van der Waals surface area (Å²) in [6.45, 7) is 1.28. The summed E-state index contributed by atoms with van der Waals surface area (Å²) in [4.78, 5) is 37.3. The van der Waals surface area contributed by atoms with Crippen molar-refractivity contribution in [1.82, 2.24) is 15.5 Å². The van der Waals surface area contributed by atoms with Crippen LogP contribution in [-0.4, -0.2) is 54.6 Å². The fourth-order valence-electron chi connectivity index (χ4n) is 4.15. The second kappa shape index (κ2) is 6.99. The van der Waals surface area contributed by atoms with Crippen LogP contribution in [0.2, 0.25) is 0 Å². The molecule has 0 aromatic heterocycles. The molecule has 2 heterocycles. The number of carbonyl (C=O) groups excluding carboxylic acids is 2. The van der Waals surface area contributed by atoms with Crippen LogP contribution in [0.25, 0.3) is 11.1 Å². The summed E-state index contributed by atoms with van der Waals surface area (Å²) >= 11 is 0.